The lowest BCUT2D eigenvalue weighted by atomic mass is 10.2. The maximum atomic E-state index is 12.3. The maximum absolute atomic E-state index is 12.3. The summed E-state index contributed by atoms with van der Waals surface area (Å²) >= 11 is 1.53. The van der Waals surface area contributed by atoms with E-state index in [4.69, 9.17) is 5.73 Å². The number of nitrogen functional groups attached to an aromatic ring is 1. The van der Waals surface area contributed by atoms with E-state index in [1.54, 1.807) is 24.1 Å². The largest absolute Gasteiger partial charge is 0.399 e. The quantitative estimate of drug-likeness (QED) is 0.843. The molecule has 1 heterocycles. The van der Waals surface area contributed by atoms with E-state index in [1.807, 2.05) is 32.0 Å². The summed E-state index contributed by atoms with van der Waals surface area (Å²) < 4.78 is 0. The number of aryl methyl sites for hydroxylation is 2. The third-order valence-corrected chi connectivity index (χ3v) is 4.08. The maximum Gasteiger partial charge on any atom is 0.268 e. The molecule has 0 unspecified atom stereocenters. The van der Waals surface area contributed by atoms with Crippen molar-refractivity contribution in [1.82, 2.24) is 0 Å². The lowest BCUT2D eigenvalue weighted by molar-refractivity contribution is 0.0997. The van der Waals surface area contributed by atoms with Gasteiger partial charge < -0.3 is 10.6 Å². The molecular weight excluding hydrogens is 244 g/mol. The third-order valence-electron chi connectivity index (χ3n) is 2.94. The minimum absolute atomic E-state index is 0.00167. The van der Waals surface area contributed by atoms with Crippen LogP contribution in [0, 0.1) is 13.8 Å². The Bertz CT molecular complexity index is 570. The number of nitrogens with zero attached hydrogens (tertiary/aromatic N) is 1. The number of carbonyl (C=O) groups is 1. The Morgan fingerprint density at radius 2 is 2.00 bits per heavy atom. The van der Waals surface area contributed by atoms with Gasteiger partial charge in [0.2, 0.25) is 0 Å². The van der Waals surface area contributed by atoms with Gasteiger partial charge in [-0.25, -0.2) is 0 Å². The van der Waals surface area contributed by atoms with E-state index in [1.165, 1.54) is 16.2 Å². The summed E-state index contributed by atoms with van der Waals surface area (Å²) in [6.45, 7) is 4.04. The molecule has 0 aliphatic heterocycles. The molecule has 4 heteroatoms. The van der Waals surface area contributed by atoms with Crippen LogP contribution in [0.25, 0.3) is 0 Å². The van der Waals surface area contributed by atoms with Gasteiger partial charge in [-0.3, -0.25) is 4.79 Å². The average molecular weight is 260 g/mol. The predicted molar refractivity (Wildman–Crippen MR) is 77.4 cm³/mol. The Balaban J connectivity index is 2.29. The van der Waals surface area contributed by atoms with Crippen LogP contribution in [-0.4, -0.2) is 13.0 Å². The number of hydrogen-bond donors (Lipinski definition) is 1. The van der Waals surface area contributed by atoms with Gasteiger partial charge in [0.05, 0.1) is 4.88 Å². The normalized spacial score (nSPS) is 10.4. The van der Waals surface area contributed by atoms with Crippen LogP contribution < -0.4 is 10.6 Å². The number of hydrogen-bond acceptors (Lipinski definition) is 3. The molecule has 1 amide bonds. The van der Waals surface area contributed by atoms with Crippen LogP contribution in [0.2, 0.25) is 0 Å². The number of rotatable bonds is 2. The second-order valence-corrected chi connectivity index (χ2v) is 5.57. The Kier molecular flexibility index (Phi) is 3.39. The van der Waals surface area contributed by atoms with Gasteiger partial charge in [0.25, 0.3) is 5.91 Å². The third kappa shape index (κ3) is 2.38. The molecule has 2 N–H and O–H groups in total. The van der Waals surface area contributed by atoms with Crippen LogP contribution in [0.5, 0.6) is 0 Å². The fraction of sp³-hybridized carbons (Fsp3) is 0.214. The van der Waals surface area contributed by atoms with Gasteiger partial charge in [-0.1, -0.05) is 6.07 Å². The Morgan fingerprint density at radius 1 is 1.28 bits per heavy atom. The van der Waals surface area contributed by atoms with Crippen molar-refractivity contribution in [3.63, 3.8) is 0 Å². The highest BCUT2D eigenvalue weighted by Crippen LogP contribution is 2.24. The van der Waals surface area contributed by atoms with Crippen molar-refractivity contribution in [2.75, 3.05) is 17.7 Å². The molecule has 0 aliphatic carbocycles. The average Bonchev–Trinajstić information content (AvgIpc) is 2.68. The molecule has 18 heavy (non-hydrogen) atoms. The van der Waals surface area contributed by atoms with Crippen LogP contribution in [0.15, 0.2) is 30.3 Å². The summed E-state index contributed by atoms with van der Waals surface area (Å²) in [6, 6.07) is 9.26. The van der Waals surface area contributed by atoms with Gasteiger partial charge in [-0.15, -0.1) is 11.3 Å². The van der Waals surface area contributed by atoms with Gasteiger partial charge in [0, 0.05) is 23.3 Å². The molecule has 2 rings (SSSR count). The monoisotopic (exact) mass is 260 g/mol. The number of carbonyl (C=O) groups excluding carboxylic acids is 1. The zero-order valence-corrected chi connectivity index (χ0v) is 11.5. The van der Waals surface area contributed by atoms with Crippen LogP contribution in [0.1, 0.15) is 20.1 Å². The summed E-state index contributed by atoms with van der Waals surface area (Å²) in [5.41, 5.74) is 8.35. The second kappa shape index (κ2) is 4.82. The Hall–Kier alpha value is -1.81. The topological polar surface area (TPSA) is 46.3 Å². The molecule has 2 aromatic rings. The van der Waals surface area contributed by atoms with E-state index < -0.39 is 0 Å². The van der Waals surface area contributed by atoms with Crippen molar-refractivity contribution in [3.8, 4) is 0 Å². The van der Waals surface area contributed by atoms with Crippen molar-refractivity contribution < 1.29 is 4.79 Å². The second-order valence-electron chi connectivity index (χ2n) is 4.31. The van der Waals surface area contributed by atoms with Crippen molar-refractivity contribution in [3.05, 3.63) is 45.6 Å². The number of nitrogens with two attached hydrogens (primary N) is 1. The molecule has 0 aliphatic rings. The number of anilines is 2. The van der Waals surface area contributed by atoms with E-state index >= 15 is 0 Å². The van der Waals surface area contributed by atoms with Gasteiger partial charge in [0.1, 0.15) is 0 Å². The predicted octanol–water partition coefficient (Wildman–Crippen LogP) is 3.22. The first-order valence-corrected chi connectivity index (χ1v) is 6.51. The molecule has 3 nitrogen and oxygen atoms in total. The van der Waals surface area contributed by atoms with E-state index in [2.05, 4.69) is 0 Å². The highest BCUT2D eigenvalue weighted by molar-refractivity contribution is 7.14. The molecule has 0 saturated heterocycles. The summed E-state index contributed by atoms with van der Waals surface area (Å²) in [7, 11) is 1.77. The van der Waals surface area contributed by atoms with E-state index in [0.29, 0.717) is 5.69 Å². The first-order valence-electron chi connectivity index (χ1n) is 5.69. The molecule has 0 fully saturated rings. The lowest BCUT2D eigenvalue weighted by Gasteiger charge is -2.16. The van der Waals surface area contributed by atoms with Gasteiger partial charge in [-0.05, 0) is 43.7 Å². The minimum Gasteiger partial charge on any atom is -0.399 e. The summed E-state index contributed by atoms with van der Waals surface area (Å²) in [6.07, 6.45) is 0. The SMILES string of the molecule is Cc1cc(C(=O)N(C)c2cccc(N)c2)sc1C. The molecule has 0 saturated carbocycles. The number of amides is 1. The van der Waals surface area contributed by atoms with Gasteiger partial charge >= 0.3 is 0 Å². The van der Waals surface area contributed by atoms with Crippen molar-refractivity contribution >= 4 is 28.6 Å². The molecule has 1 aromatic heterocycles. The van der Waals surface area contributed by atoms with Crippen molar-refractivity contribution in [2.45, 2.75) is 13.8 Å². The Labute approximate surface area is 111 Å². The fourth-order valence-corrected chi connectivity index (χ4v) is 2.70. The van der Waals surface area contributed by atoms with E-state index in [0.717, 1.165) is 16.1 Å². The molecule has 94 valence electrons. The summed E-state index contributed by atoms with van der Waals surface area (Å²) in [5.74, 6) is 0.00167. The number of thiophene rings is 1. The molecule has 0 atom stereocenters. The molecule has 0 radical (unpaired) electrons. The van der Waals surface area contributed by atoms with Gasteiger partial charge in [-0.2, -0.15) is 0 Å². The van der Waals surface area contributed by atoms with Crippen LogP contribution >= 0.6 is 11.3 Å². The molecule has 0 bridgehead atoms. The lowest BCUT2D eigenvalue weighted by Crippen LogP contribution is -2.25. The van der Waals surface area contributed by atoms with E-state index in [-0.39, 0.29) is 5.91 Å². The van der Waals surface area contributed by atoms with Gasteiger partial charge in [0.15, 0.2) is 0 Å². The zero-order valence-electron chi connectivity index (χ0n) is 10.7. The summed E-state index contributed by atoms with van der Waals surface area (Å²) in [4.78, 5) is 15.9. The molecule has 1 aromatic carbocycles. The molecular formula is C14H16N2OS. The van der Waals surface area contributed by atoms with Crippen LogP contribution in [-0.2, 0) is 0 Å². The number of benzene rings is 1. The first kappa shape index (κ1) is 12.6. The van der Waals surface area contributed by atoms with Crippen LogP contribution in [0.3, 0.4) is 0 Å². The standard InChI is InChI=1S/C14H16N2OS/c1-9-7-13(18-10(9)2)14(17)16(3)12-6-4-5-11(15)8-12/h4-8H,15H2,1-3H3. The highest BCUT2D eigenvalue weighted by Gasteiger charge is 2.16. The smallest absolute Gasteiger partial charge is 0.268 e. The fourth-order valence-electron chi connectivity index (χ4n) is 1.69. The van der Waals surface area contributed by atoms with Crippen LogP contribution in [0.4, 0.5) is 11.4 Å². The van der Waals surface area contributed by atoms with Crippen molar-refractivity contribution in [1.29, 1.82) is 0 Å². The molecule has 0 spiro atoms. The van der Waals surface area contributed by atoms with E-state index in [9.17, 15) is 4.79 Å². The minimum atomic E-state index is 0.00167. The first-order chi connectivity index (χ1) is 8.49. The Morgan fingerprint density at radius 3 is 2.56 bits per heavy atom. The van der Waals surface area contributed by atoms with Crippen molar-refractivity contribution in [2.24, 2.45) is 0 Å². The highest BCUT2D eigenvalue weighted by atomic mass is 32.1. The summed E-state index contributed by atoms with van der Waals surface area (Å²) in [5, 5.41) is 0. The zero-order chi connectivity index (χ0) is 13.3.